The first-order valence-corrected chi connectivity index (χ1v) is 4.70. The van der Waals surface area contributed by atoms with E-state index in [9.17, 15) is 8.78 Å². The molecule has 3 heteroatoms. The summed E-state index contributed by atoms with van der Waals surface area (Å²) in [6.45, 7) is 0.603. The van der Waals surface area contributed by atoms with E-state index in [2.05, 4.69) is 0 Å². The highest BCUT2D eigenvalue weighted by atomic mass is 19.3. The molecule has 70 valence electrons. The van der Waals surface area contributed by atoms with Gasteiger partial charge in [-0.15, -0.1) is 0 Å². The van der Waals surface area contributed by atoms with E-state index in [-0.39, 0.29) is 24.7 Å². The van der Waals surface area contributed by atoms with Crippen LogP contribution in [0.5, 0.6) is 0 Å². The Kier molecular flexibility index (Phi) is 1.86. The molecule has 0 aromatic carbocycles. The van der Waals surface area contributed by atoms with Crippen LogP contribution in [-0.2, 0) is 0 Å². The Labute approximate surface area is 71.3 Å². The summed E-state index contributed by atoms with van der Waals surface area (Å²) in [5, 5.41) is 0. The SMILES string of the molecule is NCC1C2CCC1CC(F)(F)C2. The Morgan fingerprint density at radius 1 is 1.17 bits per heavy atom. The van der Waals surface area contributed by atoms with Gasteiger partial charge in [-0.3, -0.25) is 0 Å². The van der Waals surface area contributed by atoms with Crippen LogP contribution in [0.15, 0.2) is 0 Å². The van der Waals surface area contributed by atoms with Gasteiger partial charge in [0.15, 0.2) is 0 Å². The largest absolute Gasteiger partial charge is 0.330 e. The molecule has 0 heterocycles. The molecule has 2 N–H and O–H groups in total. The summed E-state index contributed by atoms with van der Waals surface area (Å²) in [6.07, 6.45) is 2.13. The lowest BCUT2D eigenvalue weighted by Crippen LogP contribution is -2.37. The van der Waals surface area contributed by atoms with Gasteiger partial charge in [-0.05, 0) is 37.1 Å². The van der Waals surface area contributed by atoms with Gasteiger partial charge in [0.1, 0.15) is 0 Å². The molecule has 2 atom stereocenters. The van der Waals surface area contributed by atoms with Crippen LogP contribution in [0.25, 0.3) is 0 Å². The maximum Gasteiger partial charge on any atom is 0.248 e. The van der Waals surface area contributed by atoms with Crippen LogP contribution in [0, 0.1) is 17.8 Å². The zero-order chi connectivity index (χ0) is 8.77. The van der Waals surface area contributed by atoms with Crippen molar-refractivity contribution in [1.29, 1.82) is 0 Å². The molecule has 0 amide bonds. The Hall–Kier alpha value is -0.180. The summed E-state index contributed by atoms with van der Waals surface area (Å²) in [4.78, 5) is 0. The van der Waals surface area contributed by atoms with E-state index in [1.807, 2.05) is 0 Å². The van der Waals surface area contributed by atoms with Crippen molar-refractivity contribution in [2.45, 2.75) is 31.6 Å². The Bertz CT molecular complexity index is 165. The zero-order valence-corrected chi connectivity index (χ0v) is 7.10. The molecule has 2 aliphatic carbocycles. The molecule has 2 aliphatic rings. The first-order valence-electron chi connectivity index (χ1n) is 4.70. The van der Waals surface area contributed by atoms with Crippen molar-refractivity contribution >= 4 is 0 Å². The third-order valence-electron chi connectivity index (χ3n) is 3.51. The highest BCUT2D eigenvalue weighted by Gasteiger charge is 2.49. The predicted molar refractivity (Wildman–Crippen MR) is 42.9 cm³/mol. The molecule has 2 rings (SSSR count). The fourth-order valence-corrected chi connectivity index (χ4v) is 2.98. The third kappa shape index (κ3) is 1.24. The number of rotatable bonds is 1. The predicted octanol–water partition coefficient (Wildman–Crippen LogP) is 2.02. The molecule has 0 saturated heterocycles. The van der Waals surface area contributed by atoms with Gasteiger partial charge in [0.2, 0.25) is 5.92 Å². The van der Waals surface area contributed by atoms with E-state index in [1.54, 1.807) is 0 Å². The topological polar surface area (TPSA) is 26.0 Å². The van der Waals surface area contributed by atoms with E-state index < -0.39 is 5.92 Å². The smallest absolute Gasteiger partial charge is 0.248 e. The van der Waals surface area contributed by atoms with Crippen molar-refractivity contribution in [3.8, 4) is 0 Å². The molecule has 1 nitrogen and oxygen atoms in total. The lowest BCUT2D eigenvalue weighted by Gasteiger charge is -2.34. The molecule has 0 spiro atoms. The van der Waals surface area contributed by atoms with Crippen LogP contribution < -0.4 is 5.73 Å². The maximum absolute atomic E-state index is 13.0. The molecule has 2 unspecified atom stereocenters. The zero-order valence-electron chi connectivity index (χ0n) is 7.10. The molecule has 2 bridgehead atoms. The molecule has 0 aromatic rings. The number of hydrogen-bond acceptors (Lipinski definition) is 1. The summed E-state index contributed by atoms with van der Waals surface area (Å²) < 4.78 is 26.0. The second-order valence-electron chi connectivity index (χ2n) is 4.26. The van der Waals surface area contributed by atoms with Gasteiger partial charge in [0.25, 0.3) is 0 Å². The van der Waals surface area contributed by atoms with Crippen LogP contribution >= 0.6 is 0 Å². The molecular formula is C9H15F2N. The standard InChI is InChI=1S/C9H15F2N/c10-9(11)3-6-1-2-7(4-9)8(6)5-12/h6-8H,1-5,12H2. The van der Waals surface area contributed by atoms with Gasteiger partial charge in [-0.2, -0.15) is 0 Å². The summed E-state index contributed by atoms with van der Waals surface area (Å²) in [5.41, 5.74) is 5.57. The fourth-order valence-electron chi connectivity index (χ4n) is 2.98. The summed E-state index contributed by atoms with van der Waals surface area (Å²) in [5.74, 6) is -1.57. The molecule has 0 radical (unpaired) electrons. The van der Waals surface area contributed by atoms with Crippen LogP contribution in [0.2, 0.25) is 0 Å². The van der Waals surface area contributed by atoms with E-state index in [4.69, 9.17) is 5.73 Å². The monoisotopic (exact) mass is 175 g/mol. The summed E-state index contributed by atoms with van der Waals surface area (Å²) in [6, 6.07) is 0. The van der Waals surface area contributed by atoms with Crippen LogP contribution in [0.1, 0.15) is 25.7 Å². The summed E-state index contributed by atoms with van der Waals surface area (Å²) in [7, 11) is 0. The van der Waals surface area contributed by atoms with Crippen molar-refractivity contribution in [3.05, 3.63) is 0 Å². The molecule has 2 fully saturated rings. The Morgan fingerprint density at radius 3 is 2.08 bits per heavy atom. The minimum Gasteiger partial charge on any atom is -0.330 e. The third-order valence-corrected chi connectivity index (χ3v) is 3.51. The van der Waals surface area contributed by atoms with Gasteiger partial charge in [0.05, 0.1) is 0 Å². The minimum absolute atomic E-state index is 0.0887. The van der Waals surface area contributed by atoms with Crippen molar-refractivity contribution in [2.75, 3.05) is 6.54 Å². The van der Waals surface area contributed by atoms with E-state index >= 15 is 0 Å². The van der Waals surface area contributed by atoms with Gasteiger partial charge < -0.3 is 5.73 Å². The molecule has 2 saturated carbocycles. The van der Waals surface area contributed by atoms with Crippen LogP contribution in [0.3, 0.4) is 0 Å². The molecule has 12 heavy (non-hydrogen) atoms. The van der Waals surface area contributed by atoms with Crippen molar-refractivity contribution in [2.24, 2.45) is 23.5 Å². The Balaban J connectivity index is 2.11. The average molecular weight is 175 g/mol. The van der Waals surface area contributed by atoms with Gasteiger partial charge >= 0.3 is 0 Å². The van der Waals surface area contributed by atoms with E-state index in [1.165, 1.54) is 0 Å². The van der Waals surface area contributed by atoms with Crippen LogP contribution in [-0.4, -0.2) is 12.5 Å². The summed E-state index contributed by atoms with van der Waals surface area (Å²) >= 11 is 0. The van der Waals surface area contributed by atoms with E-state index in [0.29, 0.717) is 12.5 Å². The first kappa shape index (κ1) is 8.42. The van der Waals surface area contributed by atoms with Crippen molar-refractivity contribution < 1.29 is 8.78 Å². The normalized spacial score (nSPS) is 44.8. The van der Waals surface area contributed by atoms with Crippen molar-refractivity contribution in [1.82, 2.24) is 0 Å². The second kappa shape index (κ2) is 2.66. The average Bonchev–Trinajstić information content (AvgIpc) is 2.23. The lowest BCUT2D eigenvalue weighted by molar-refractivity contribution is -0.0735. The first-order chi connectivity index (χ1) is 5.62. The molecule has 0 aromatic heterocycles. The van der Waals surface area contributed by atoms with Gasteiger partial charge in [-0.1, -0.05) is 0 Å². The van der Waals surface area contributed by atoms with Gasteiger partial charge in [-0.25, -0.2) is 8.78 Å². The highest BCUT2D eigenvalue weighted by molar-refractivity contribution is 4.95. The number of nitrogens with two attached hydrogens (primary N) is 1. The highest BCUT2D eigenvalue weighted by Crippen LogP contribution is 2.51. The lowest BCUT2D eigenvalue weighted by atomic mass is 9.77. The minimum atomic E-state index is -2.39. The molecular weight excluding hydrogens is 160 g/mol. The second-order valence-corrected chi connectivity index (χ2v) is 4.26. The van der Waals surface area contributed by atoms with Crippen molar-refractivity contribution in [3.63, 3.8) is 0 Å². The van der Waals surface area contributed by atoms with Crippen LogP contribution in [0.4, 0.5) is 8.78 Å². The number of halogens is 2. The fraction of sp³-hybridized carbons (Fsp3) is 1.00. The van der Waals surface area contributed by atoms with Gasteiger partial charge in [0, 0.05) is 12.8 Å². The number of alkyl halides is 2. The molecule has 0 aliphatic heterocycles. The maximum atomic E-state index is 13.0. The Morgan fingerprint density at radius 2 is 1.67 bits per heavy atom. The number of fused-ring (bicyclic) bond motifs is 2. The quantitative estimate of drug-likeness (QED) is 0.648. The van der Waals surface area contributed by atoms with E-state index in [0.717, 1.165) is 12.8 Å². The number of hydrogen-bond donors (Lipinski definition) is 1.